The van der Waals surface area contributed by atoms with Crippen molar-refractivity contribution in [2.24, 2.45) is 5.10 Å². The Morgan fingerprint density at radius 2 is 1.76 bits per heavy atom. The summed E-state index contributed by atoms with van der Waals surface area (Å²) in [4.78, 5) is 13.3. The number of hydrogen-bond donors (Lipinski definition) is 2. The molecule has 1 amide bonds. The van der Waals surface area contributed by atoms with E-state index in [4.69, 9.17) is 11.6 Å². The molecule has 1 saturated heterocycles. The van der Waals surface area contributed by atoms with Gasteiger partial charge >= 0.3 is 0 Å². The lowest BCUT2D eigenvalue weighted by Gasteiger charge is -2.20. The fourth-order valence-electron chi connectivity index (χ4n) is 2.58. The quantitative estimate of drug-likeness (QED) is 0.645. The van der Waals surface area contributed by atoms with Gasteiger partial charge in [-0.05, 0) is 43.4 Å². The third-order valence-corrected chi connectivity index (χ3v) is 4.00. The molecule has 1 aromatic carbocycles. The molecular formula is C16H23ClN3O+. The number of likely N-dealkylation sites (tertiary alicyclic amines) is 1. The lowest BCUT2D eigenvalue weighted by molar-refractivity contribution is -0.893. The minimum absolute atomic E-state index is 0.0178. The van der Waals surface area contributed by atoms with Crippen LogP contribution in [0, 0.1) is 0 Å². The number of halogens is 1. The molecule has 1 aliphatic rings. The van der Waals surface area contributed by atoms with Crippen molar-refractivity contribution in [3.05, 3.63) is 34.9 Å². The number of nitrogens with zero attached hydrogens (tertiary/aromatic N) is 1. The van der Waals surface area contributed by atoms with Crippen molar-refractivity contribution in [2.45, 2.75) is 32.1 Å². The van der Waals surface area contributed by atoms with Gasteiger partial charge in [0.15, 0.2) is 6.54 Å². The molecule has 2 rings (SSSR count). The van der Waals surface area contributed by atoms with Gasteiger partial charge in [0.05, 0.1) is 19.3 Å². The van der Waals surface area contributed by atoms with Crippen LogP contribution in [0.25, 0.3) is 0 Å². The molecule has 0 unspecified atom stereocenters. The molecule has 1 aromatic rings. The Morgan fingerprint density at radius 3 is 2.43 bits per heavy atom. The number of carbonyl (C=O) groups is 1. The third-order valence-electron chi connectivity index (χ3n) is 3.74. The van der Waals surface area contributed by atoms with E-state index < -0.39 is 0 Å². The smallest absolute Gasteiger partial charge is 0.295 e. The number of amides is 1. The second-order valence-corrected chi connectivity index (χ2v) is 5.98. The molecule has 1 heterocycles. The van der Waals surface area contributed by atoms with Crippen LogP contribution in [0.4, 0.5) is 0 Å². The summed E-state index contributed by atoms with van der Waals surface area (Å²) in [5.41, 5.74) is 3.52. The predicted octanol–water partition coefficient (Wildman–Crippen LogP) is 1.64. The highest BCUT2D eigenvalue weighted by molar-refractivity contribution is 6.30. The maximum absolute atomic E-state index is 11.9. The monoisotopic (exact) mass is 308 g/mol. The summed E-state index contributed by atoms with van der Waals surface area (Å²) >= 11 is 5.81. The van der Waals surface area contributed by atoms with Crippen LogP contribution in [0.2, 0.25) is 5.02 Å². The van der Waals surface area contributed by atoms with Crippen LogP contribution in [-0.2, 0) is 4.79 Å². The zero-order valence-electron chi connectivity index (χ0n) is 12.3. The first-order chi connectivity index (χ1) is 10.2. The highest BCUT2D eigenvalue weighted by Crippen LogP contribution is 2.07. The summed E-state index contributed by atoms with van der Waals surface area (Å²) in [5, 5.41) is 4.69. The van der Waals surface area contributed by atoms with Crippen molar-refractivity contribution in [2.75, 3.05) is 19.6 Å². The molecule has 0 bridgehead atoms. The van der Waals surface area contributed by atoms with Gasteiger partial charge in [0.25, 0.3) is 5.91 Å². The molecule has 21 heavy (non-hydrogen) atoms. The number of benzene rings is 1. The van der Waals surface area contributed by atoms with Crippen molar-refractivity contribution in [1.29, 1.82) is 0 Å². The second-order valence-electron chi connectivity index (χ2n) is 5.54. The van der Waals surface area contributed by atoms with Gasteiger partial charge in [-0.1, -0.05) is 30.2 Å². The van der Waals surface area contributed by atoms with Gasteiger partial charge in [-0.15, -0.1) is 0 Å². The van der Waals surface area contributed by atoms with Crippen molar-refractivity contribution in [1.82, 2.24) is 5.43 Å². The number of quaternary nitrogens is 1. The summed E-state index contributed by atoms with van der Waals surface area (Å²) in [6.45, 7) is 2.70. The normalized spacial score (nSPS) is 17.4. The number of hydrogen-bond acceptors (Lipinski definition) is 2. The SMILES string of the molecule is O=C(C[NH+]1CCCCCCC1)N/N=C\c1ccc(Cl)cc1. The number of nitrogens with one attached hydrogen (secondary N) is 2. The predicted molar refractivity (Wildman–Crippen MR) is 85.8 cm³/mol. The molecule has 0 radical (unpaired) electrons. The molecule has 0 spiro atoms. The Morgan fingerprint density at radius 1 is 1.14 bits per heavy atom. The highest BCUT2D eigenvalue weighted by atomic mass is 35.5. The first-order valence-corrected chi connectivity index (χ1v) is 8.03. The Labute approximate surface area is 131 Å². The zero-order valence-corrected chi connectivity index (χ0v) is 13.0. The minimum Gasteiger partial charge on any atom is -0.327 e. The summed E-state index contributed by atoms with van der Waals surface area (Å²) in [6, 6.07) is 7.33. The van der Waals surface area contributed by atoms with E-state index in [0.717, 1.165) is 18.7 Å². The summed E-state index contributed by atoms with van der Waals surface area (Å²) in [7, 11) is 0. The zero-order chi connectivity index (χ0) is 14.9. The Bertz CT molecular complexity index is 465. The first-order valence-electron chi connectivity index (χ1n) is 7.65. The molecule has 0 saturated carbocycles. The molecule has 0 atom stereocenters. The van der Waals surface area contributed by atoms with Gasteiger partial charge < -0.3 is 4.90 Å². The van der Waals surface area contributed by atoms with Crippen molar-refractivity contribution in [3.63, 3.8) is 0 Å². The van der Waals surface area contributed by atoms with E-state index >= 15 is 0 Å². The molecule has 2 N–H and O–H groups in total. The fourth-order valence-corrected chi connectivity index (χ4v) is 2.70. The van der Waals surface area contributed by atoms with E-state index in [1.54, 1.807) is 18.3 Å². The third kappa shape index (κ3) is 6.27. The maximum Gasteiger partial charge on any atom is 0.295 e. The van der Waals surface area contributed by atoms with E-state index in [1.165, 1.54) is 37.0 Å². The van der Waals surface area contributed by atoms with Crippen LogP contribution < -0.4 is 10.3 Å². The molecule has 4 nitrogen and oxygen atoms in total. The van der Waals surface area contributed by atoms with E-state index in [9.17, 15) is 4.79 Å². The lowest BCUT2D eigenvalue weighted by Crippen LogP contribution is -3.13. The summed E-state index contributed by atoms with van der Waals surface area (Å²) in [5.74, 6) is -0.0178. The van der Waals surface area contributed by atoms with Crippen molar-refractivity contribution >= 4 is 23.7 Å². The van der Waals surface area contributed by atoms with E-state index in [-0.39, 0.29) is 5.91 Å². The van der Waals surface area contributed by atoms with Crippen molar-refractivity contribution in [3.8, 4) is 0 Å². The largest absolute Gasteiger partial charge is 0.327 e. The van der Waals surface area contributed by atoms with Crippen LogP contribution in [-0.4, -0.2) is 31.8 Å². The van der Waals surface area contributed by atoms with Crippen molar-refractivity contribution < 1.29 is 9.69 Å². The lowest BCUT2D eigenvalue weighted by atomic mass is 10.1. The van der Waals surface area contributed by atoms with Gasteiger partial charge in [-0.25, -0.2) is 5.43 Å². The van der Waals surface area contributed by atoms with E-state index in [0.29, 0.717) is 11.6 Å². The molecule has 1 fully saturated rings. The van der Waals surface area contributed by atoms with E-state index in [1.807, 2.05) is 12.1 Å². The fraction of sp³-hybridized carbons (Fsp3) is 0.500. The number of carbonyl (C=O) groups excluding carboxylic acids is 1. The highest BCUT2D eigenvalue weighted by Gasteiger charge is 2.14. The topological polar surface area (TPSA) is 45.9 Å². The van der Waals surface area contributed by atoms with Crippen LogP contribution in [0.1, 0.15) is 37.7 Å². The first kappa shape index (κ1) is 16.0. The van der Waals surface area contributed by atoms with Gasteiger partial charge in [-0.3, -0.25) is 4.79 Å². The molecule has 0 aromatic heterocycles. The average molecular weight is 309 g/mol. The van der Waals surface area contributed by atoms with Crippen LogP contribution in [0.3, 0.4) is 0 Å². The summed E-state index contributed by atoms with van der Waals surface area (Å²) < 4.78 is 0. The van der Waals surface area contributed by atoms with Gasteiger partial charge in [0.2, 0.25) is 0 Å². The number of hydrazone groups is 1. The molecule has 1 aliphatic heterocycles. The average Bonchev–Trinajstić information content (AvgIpc) is 2.44. The van der Waals surface area contributed by atoms with Crippen LogP contribution in [0.15, 0.2) is 29.4 Å². The Hall–Kier alpha value is -1.39. The van der Waals surface area contributed by atoms with Gasteiger partial charge in [0.1, 0.15) is 0 Å². The molecule has 114 valence electrons. The molecular weight excluding hydrogens is 286 g/mol. The Balaban J connectivity index is 1.74. The molecule has 5 heteroatoms. The second kappa shape index (κ2) is 8.80. The van der Waals surface area contributed by atoms with E-state index in [2.05, 4.69) is 10.5 Å². The van der Waals surface area contributed by atoms with Crippen LogP contribution >= 0.6 is 11.6 Å². The maximum atomic E-state index is 11.9. The standard InChI is InChI=1S/C16H22ClN3O/c17-15-8-6-14(7-9-15)12-18-19-16(21)13-20-10-4-2-1-3-5-11-20/h6-9,12H,1-5,10-11,13H2,(H,19,21)/p+1/b18-12-. The Kier molecular flexibility index (Phi) is 6.70. The number of rotatable bonds is 4. The summed E-state index contributed by atoms with van der Waals surface area (Å²) in [6.07, 6.45) is 7.99. The minimum atomic E-state index is -0.0178. The molecule has 0 aliphatic carbocycles. The van der Waals surface area contributed by atoms with Crippen LogP contribution in [0.5, 0.6) is 0 Å². The van der Waals surface area contributed by atoms with Gasteiger partial charge in [0, 0.05) is 5.02 Å². The van der Waals surface area contributed by atoms with Gasteiger partial charge in [-0.2, -0.15) is 5.10 Å².